The van der Waals surface area contributed by atoms with E-state index in [0.717, 1.165) is 5.56 Å². The van der Waals surface area contributed by atoms with Crippen LogP contribution in [0.1, 0.15) is 5.56 Å². The van der Waals surface area contributed by atoms with Crippen LogP contribution >= 0.6 is 11.8 Å². The molecule has 2 aromatic rings. The molecule has 1 heterocycles. The molecule has 0 radical (unpaired) electrons. The van der Waals surface area contributed by atoms with Crippen LogP contribution in [0.3, 0.4) is 0 Å². The summed E-state index contributed by atoms with van der Waals surface area (Å²) in [4.78, 5) is 19.3. The number of benzene rings is 2. The second-order valence-electron chi connectivity index (χ2n) is 5.60. The molecule has 2 aromatic carbocycles. The van der Waals surface area contributed by atoms with Gasteiger partial charge in [0.25, 0.3) is 5.91 Å². The number of likely N-dealkylation sites (N-methyl/N-ethyl adjacent to an activating group) is 1. The monoisotopic (exact) mass is 378 g/mol. The van der Waals surface area contributed by atoms with E-state index in [1.54, 1.807) is 14.2 Å². The number of methoxy groups -OCH3 is 1. The van der Waals surface area contributed by atoms with E-state index >= 15 is 0 Å². The molecule has 5 nitrogen and oxygen atoms in total. The van der Waals surface area contributed by atoms with Crippen LogP contribution in [0.4, 0.5) is 5.69 Å². The number of ether oxygens (including phenoxy) is 2. The third-order valence-electron chi connectivity index (χ3n) is 3.80. The molecular weight excluding hydrogens is 360 g/mol. The minimum atomic E-state index is -0.0960. The molecule has 1 aliphatic heterocycles. The Morgan fingerprint density at radius 3 is 2.67 bits per heavy atom. The average molecular weight is 378 g/mol. The van der Waals surface area contributed by atoms with Gasteiger partial charge in [-0.15, -0.1) is 6.42 Å². The predicted molar refractivity (Wildman–Crippen MR) is 109 cm³/mol. The second-order valence-corrected chi connectivity index (χ2v) is 6.61. The Kier molecular flexibility index (Phi) is 5.84. The number of rotatable bonds is 5. The first kappa shape index (κ1) is 18.6. The number of nitrogens with zero attached hydrogens (tertiary/aromatic N) is 2. The molecule has 136 valence electrons. The summed E-state index contributed by atoms with van der Waals surface area (Å²) >= 11 is 1.33. The van der Waals surface area contributed by atoms with E-state index in [1.165, 1.54) is 16.7 Å². The van der Waals surface area contributed by atoms with Crippen LogP contribution in [0, 0.1) is 12.3 Å². The Morgan fingerprint density at radius 2 is 1.96 bits per heavy atom. The molecule has 0 spiro atoms. The van der Waals surface area contributed by atoms with Crippen molar-refractivity contribution in [1.82, 2.24) is 4.90 Å². The number of para-hydroxylation sites is 2. The number of hydrogen-bond acceptors (Lipinski definition) is 5. The SMILES string of the molecule is C#CCOc1ccc(/C=C2\SC(=Nc3ccccc3OC)N(C)C2=O)cc1. The van der Waals surface area contributed by atoms with Crippen LogP contribution in [-0.2, 0) is 4.79 Å². The Morgan fingerprint density at radius 1 is 1.22 bits per heavy atom. The molecule has 0 saturated carbocycles. The van der Waals surface area contributed by atoms with Crippen molar-refractivity contribution < 1.29 is 14.3 Å². The van der Waals surface area contributed by atoms with Crippen molar-refractivity contribution in [3.8, 4) is 23.8 Å². The molecule has 0 N–H and O–H groups in total. The highest BCUT2D eigenvalue weighted by Gasteiger charge is 2.30. The third kappa shape index (κ3) is 4.33. The van der Waals surface area contributed by atoms with E-state index in [-0.39, 0.29) is 12.5 Å². The van der Waals surface area contributed by atoms with Crippen molar-refractivity contribution in [2.24, 2.45) is 4.99 Å². The summed E-state index contributed by atoms with van der Waals surface area (Å²) in [5.41, 5.74) is 1.57. The fraction of sp³-hybridized carbons (Fsp3) is 0.143. The van der Waals surface area contributed by atoms with Gasteiger partial charge in [-0.1, -0.05) is 30.2 Å². The van der Waals surface area contributed by atoms with Gasteiger partial charge in [0.15, 0.2) is 5.17 Å². The fourth-order valence-electron chi connectivity index (χ4n) is 2.41. The Bertz CT molecular complexity index is 943. The van der Waals surface area contributed by atoms with Gasteiger partial charge in [0.2, 0.25) is 0 Å². The van der Waals surface area contributed by atoms with E-state index < -0.39 is 0 Å². The molecule has 0 aliphatic carbocycles. The highest BCUT2D eigenvalue weighted by molar-refractivity contribution is 8.18. The van der Waals surface area contributed by atoms with E-state index in [0.29, 0.717) is 27.3 Å². The second kappa shape index (κ2) is 8.47. The third-order valence-corrected chi connectivity index (χ3v) is 4.86. The minimum absolute atomic E-state index is 0.0960. The number of thioether (sulfide) groups is 1. The standard InChI is InChI=1S/C21H18N2O3S/c1-4-13-26-16-11-9-15(10-12-16)14-19-20(24)23(2)21(27-19)22-17-7-5-6-8-18(17)25-3/h1,5-12,14H,13H2,2-3H3/b19-14-,22-21?. The Labute approximate surface area is 162 Å². The lowest BCUT2D eigenvalue weighted by Crippen LogP contribution is -2.23. The van der Waals surface area contributed by atoms with Gasteiger partial charge in [0, 0.05) is 7.05 Å². The molecule has 0 atom stereocenters. The van der Waals surface area contributed by atoms with Gasteiger partial charge < -0.3 is 9.47 Å². The zero-order valence-electron chi connectivity index (χ0n) is 15.0. The van der Waals surface area contributed by atoms with Gasteiger partial charge in [-0.3, -0.25) is 9.69 Å². The van der Waals surface area contributed by atoms with Crippen molar-refractivity contribution in [2.75, 3.05) is 20.8 Å². The first-order chi connectivity index (χ1) is 13.1. The number of aliphatic imine (C=N–C) groups is 1. The average Bonchev–Trinajstić information content (AvgIpc) is 2.95. The van der Waals surface area contributed by atoms with Crippen LogP contribution in [0.5, 0.6) is 11.5 Å². The number of carbonyl (C=O) groups excluding carboxylic acids is 1. The molecule has 1 saturated heterocycles. The molecule has 6 heteroatoms. The number of amidine groups is 1. The maximum absolute atomic E-state index is 12.6. The Hall–Kier alpha value is -3.17. The van der Waals surface area contributed by atoms with Crippen molar-refractivity contribution in [3.05, 3.63) is 59.0 Å². The topological polar surface area (TPSA) is 51.1 Å². The van der Waals surface area contributed by atoms with Gasteiger partial charge in [0.05, 0.1) is 12.0 Å². The molecule has 0 bridgehead atoms. The zero-order valence-corrected chi connectivity index (χ0v) is 15.8. The van der Waals surface area contributed by atoms with Crippen LogP contribution < -0.4 is 9.47 Å². The normalized spacial score (nSPS) is 16.6. The summed E-state index contributed by atoms with van der Waals surface area (Å²) in [5.74, 6) is 3.68. The minimum Gasteiger partial charge on any atom is -0.494 e. The number of amides is 1. The van der Waals surface area contributed by atoms with Crippen LogP contribution in [-0.4, -0.2) is 36.7 Å². The van der Waals surface area contributed by atoms with Gasteiger partial charge in [0.1, 0.15) is 23.8 Å². The summed E-state index contributed by atoms with van der Waals surface area (Å²) in [6.45, 7) is 0.225. The smallest absolute Gasteiger partial charge is 0.266 e. The van der Waals surface area contributed by atoms with E-state index in [9.17, 15) is 4.79 Å². The zero-order chi connectivity index (χ0) is 19.2. The van der Waals surface area contributed by atoms with E-state index in [1.807, 2.05) is 54.6 Å². The van der Waals surface area contributed by atoms with Crippen molar-refractivity contribution in [1.29, 1.82) is 0 Å². The number of terminal acetylenes is 1. The number of hydrogen-bond donors (Lipinski definition) is 0. The van der Waals surface area contributed by atoms with Crippen LogP contribution in [0.25, 0.3) is 6.08 Å². The maximum Gasteiger partial charge on any atom is 0.266 e. The number of carbonyl (C=O) groups is 1. The molecule has 0 aromatic heterocycles. The van der Waals surface area contributed by atoms with Crippen molar-refractivity contribution >= 4 is 34.6 Å². The van der Waals surface area contributed by atoms with E-state index in [2.05, 4.69) is 10.9 Å². The van der Waals surface area contributed by atoms with Gasteiger partial charge in [-0.05, 0) is 47.7 Å². The largest absolute Gasteiger partial charge is 0.494 e. The summed E-state index contributed by atoms with van der Waals surface area (Å²) in [7, 11) is 3.30. The fourth-order valence-corrected chi connectivity index (χ4v) is 3.39. The highest BCUT2D eigenvalue weighted by Crippen LogP contribution is 2.35. The lowest BCUT2D eigenvalue weighted by molar-refractivity contribution is -0.121. The first-order valence-electron chi connectivity index (χ1n) is 8.18. The molecule has 0 unspecified atom stereocenters. The van der Waals surface area contributed by atoms with Crippen molar-refractivity contribution in [3.63, 3.8) is 0 Å². The molecular formula is C21H18N2O3S. The van der Waals surface area contributed by atoms with Gasteiger partial charge in [-0.25, -0.2) is 4.99 Å². The van der Waals surface area contributed by atoms with Crippen molar-refractivity contribution in [2.45, 2.75) is 0 Å². The van der Waals surface area contributed by atoms with E-state index in [4.69, 9.17) is 15.9 Å². The van der Waals surface area contributed by atoms with Gasteiger partial charge >= 0.3 is 0 Å². The predicted octanol–water partition coefficient (Wildman–Crippen LogP) is 3.94. The van der Waals surface area contributed by atoms with Crippen LogP contribution in [0.2, 0.25) is 0 Å². The summed E-state index contributed by atoms with van der Waals surface area (Å²) in [6.07, 6.45) is 7.01. The quantitative estimate of drug-likeness (QED) is 0.584. The molecule has 1 fully saturated rings. The molecule has 1 aliphatic rings. The molecule has 1 amide bonds. The maximum atomic E-state index is 12.6. The van der Waals surface area contributed by atoms with Crippen LogP contribution in [0.15, 0.2) is 58.4 Å². The Balaban J connectivity index is 1.82. The lowest BCUT2D eigenvalue weighted by Gasteiger charge is -2.09. The lowest BCUT2D eigenvalue weighted by atomic mass is 10.2. The molecule has 27 heavy (non-hydrogen) atoms. The van der Waals surface area contributed by atoms with Gasteiger partial charge in [-0.2, -0.15) is 0 Å². The summed E-state index contributed by atoms with van der Waals surface area (Å²) in [6, 6.07) is 14.8. The first-order valence-corrected chi connectivity index (χ1v) is 8.99. The molecule has 3 rings (SSSR count). The summed E-state index contributed by atoms with van der Waals surface area (Å²) < 4.78 is 10.7. The summed E-state index contributed by atoms with van der Waals surface area (Å²) in [5, 5.41) is 0.602. The highest BCUT2D eigenvalue weighted by atomic mass is 32.2.